The van der Waals surface area contributed by atoms with Crippen LogP contribution in [0, 0.1) is 31.6 Å². The lowest BCUT2D eigenvalue weighted by molar-refractivity contribution is -0.160. The molecule has 8 heteroatoms. The van der Waals surface area contributed by atoms with E-state index in [0.29, 0.717) is 6.42 Å². The Bertz CT molecular complexity index is 1100. The summed E-state index contributed by atoms with van der Waals surface area (Å²) < 4.78 is 12.1. The van der Waals surface area contributed by atoms with Gasteiger partial charge < -0.3 is 24.4 Å². The number of β-amino-alcohol motifs (C(OH)–C–C–N with tert-alkyl or cyclic N) is 1. The van der Waals surface area contributed by atoms with Crippen molar-refractivity contribution in [2.75, 3.05) is 31.2 Å². The SMILES string of the molecule is C=CCOC(=O)[C@H]1[C@H]2C(=O)N(CCO)C(C(=O)N(CC=C)c3cc(C)ccc3C)C23CC(C)[C@]1(C)O3. The number of ether oxygens (including phenoxy) is 2. The van der Waals surface area contributed by atoms with Crippen molar-refractivity contribution in [3.05, 3.63) is 54.6 Å². The van der Waals surface area contributed by atoms with Gasteiger partial charge in [-0.2, -0.15) is 0 Å². The third kappa shape index (κ3) is 3.69. The van der Waals surface area contributed by atoms with Crippen LogP contribution in [0.25, 0.3) is 0 Å². The zero-order valence-corrected chi connectivity index (χ0v) is 21.5. The molecule has 1 aromatic rings. The molecule has 0 aliphatic carbocycles. The number of anilines is 1. The van der Waals surface area contributed by atoms with Crippen molar-refractivity contribution in [2.24, 2.45) is 17.8 Å². The normalized spacial score (nSPS) is 32.4. The van der Waals surface area contributed by atoms with Gasteiger partial charge in [-0.3, -0.25) is 14.4 Å². The van der Waals surface area contributed by atoms with Crippen molar-refractivity contribution in [2.45, 2.75) is 51.4 Å². The number of hydrogen-bond acceptors (Lipinski definition) is 6. The average Bonchev–Trinajstić information content (AvgIpc) is 3.34. The van der Waals surface area contributed by atoms with Crippen molar-refractivity contribution < 1.29 is 29.0 Å². The van der Waals surface area contributed by atoms with Gasteiger partial charge in [-0.1, -0.05) is 37.8 Å². The number of rotatable bonds is 9. The molecule has 36 heavy (non-hydrogen) atoms. The topological polar surface area (TPSA) is 96.4 Å². The highest BCUT2D eigenvalue weighted by Gasteiger charge is 2.80. The van der Waals surface area contributed by atoms with Crippen LogP contribution in [0.1, 0.15) is 31.4 Å². The zero-order chi connectivity index (χ0) is 26.4. The summed E-state index contributed by atoms with van der Waals surface area (Å²) in [5.41, 5.74) is 0.473. The molecule has 0 saturated carbocycles. The van der Waals surface area contributed by atoms with Crippen LogP contribution >= 0.6 is 0 Å². The lowest BCUT2D eigenvalue weighted by Gasteiger charge is -2.37. The number of carbonyl (C=O) groups is 3. The molecule has 3 unspecified atom stereocenters. The molecular weight excluding hydrogens is 460 g/mol. The summed E-state index contributed by atoms with van der Waals surface area (Å²) in [5, 5.41) is 9.83. The van der Waals surface area contributed by atoms with E-state index in [4.69, 9.17) is 9.47 Å². The van der Waals surface area contributed by atoms with Gasteiger partial charge >= 0.3 is 5.97 Å². The standard InChI is InChI=1S/C28H36N2O6/c1-7-11-29(20-15-17(3)9-10-18(20)4)25(33)23-28-16-19(5)27(6,36-28)22(26(34)35-14-8-2)21(28)24(32)30(23)12-13-31/h7-10,15,19,21-23,31H,1-2,11-14,16H2,3-6H3/t19?,21-,22+,23?,27-,28?/m0/s1. The molecule has 3 aliphatic heterocycles. The van der Waals surface area contributed by atoms with Gasteiger partial charge in [-0.15, -0.1) is 6.58 Å². The van der Waals surface area contributed by atoms with E-state index in [-0.39, 0.29) is 44.0 Å². The van der Waals surface area contributed by atoms with Crippen molar-refractivity contribution >= 4 is 23.5 Å². The average molecular weight is 497 g/mol. The molecule has 3 heterocycles. The Labute approximate surface area is 212 Å². The molecule has 6 atom stereocenters. The maximum atomic E-state index is 14.4. The number of carbonyl (C=O) groups excluding carboxylic acids is 3. The minimum atomic E-state index is -1.20. The number of likely N-dealkylation sites (tertiary alicyclic amines) is 1. The van der Waals surface area contributed by atoms with Gasteiger partial charge in [0.2, 0.25) is 5.91 Å². The number of hydrogen-bond donors (Lipinski definition) is 1. The van der Waals surface area contributed by atoms with Crippen LogP contribution in [0.5, 0.6) is 0 Å². The summed E-state index contributed by atoms with van der Waals surface area (Å²) in [6.45, 7) is 15.0. The zero-order valence-electron chi connectivity index (χ0n) is 21.5. The molecular formula is C28H36N2O6. The van der Waals surface area contributed by atoms with Crippen LogP contribution in [-0.2, 0) is 23.9 Å². The largest absolute Gasteiger partial charge is 0.461 e. The second-order valence-corrected chi connectivity index (χ2v) is 10.4. The molecule has 1 N–H and O–H groups in total. The Morgan fingerprint density at radius 1 is 1.31 bits per heavy atom. The Balaban J connectivity index is 1.83. The van der Waals surface area contributed by atoms with Crippen LogP contribution in [0.4, 0.5) is 5.69 Å². The first-order valence-electron chi connectivity index (χ1n) is 12.5. The van der Waals surface area contributed by atoms with Gasteiger partial charge in [0.1, 0.15) is 24.2 Å². The van der Waals surface area contributed by atoms with Crippen LogP contribution < -0.4 is 4.90 Å². The number of amides is 2. The molecule has 8 nitrogen and oxygen atoms in total. The fourth-order valence-corrected chi connectivity index (χ4v) is 6.55. The third-order valence-electron chi connectivity index (χ3n) is 8.22. The van der Waals surface area contributed by atoms with Crippen molar-refractivity contribution in [3.8, 4) is 0 Å². The fourth-order valence-electron chi connectivity index (χ4n) is 6.55. The van der Waals surface area contributed by atoms with Crippen LogP contribution in [0.3, 0.4) is 0 Å². The Hall–Kier alpha value is -2.97. The summed E-state index contributed by atoms with van der Waals surface area (Å²) in [6.07, 6.45) is 3.57. The molecule has 0 aromatic heterocycles. The second kappa shape index (κ2) is 9.48. The van der Waals surface area contributed by atoms with Crippen LogP contribution in [-0.4, -0.2) is 71.3 Å². The highest BCUT2D eigenvalue weighted by atomic mass is 16.6. The first kappa shape index (κ1) is 26.1. The maximum Gasteiger partial charge on any atom is 0.313 e. The maximum absolute atomic E-state index is 14.4. The second-order valence-electron chi connectivity index (χ2n) is 10.4. The molecule has 1 aromatic carbocycles. The smallest absolute Gasteiger partial charge is 0.313 e. The number of nitrogens with zero attached hydrogens (tertiary/aromatic N) is 2. The molecule has 194 valence electrons. The summed E-state index contributed by atoms with van der Waals surface area (Å²) in [5.74, 6) is -3.04. The quantitative estimate of drug-likeness (QED) is 0.417. The summed E-state index contributed by atoms with van der Waals surface area (Å²) in [4.78, 5) is 44.5. The monoisotopic (exact) mass is 496 g/mol. The molecule has 2 bridgehead atoms. The van der Waals surface area contributed by atoms with E-state index >= 15 is 0 Å². The molecule has 4 rings (SSSR count). The Morgan fingerprint density at radius 2 is 2.03 bits per heavy atom. The van der Waals surface area contributed by atoms with E-state index in [1.54, 1.807) is 11.0 Å². The van der Waals surface area contributed by atoms with Crippen molar-refractivity contribution in [1.82, 2.24) is 4.90 Å². The van der Waals surface area contributed by atoms with E-state index in [0.717, 1.165) is 16.8 Å². The Kier molecular flexibility index (Phi) is 6.88. The van der Waals surface area contributed by atoms with Gasteiger partial charge in [0, 0.05) is 18.8 Å². The summed E-state index contributed by atoms with van der Waals surface area (Å²) in [7, 11) is 0. The lowest BCUT2D eigenvalue weighted by atomic mass is 9.62. The lowest BCUT2D eigenvalue weighted by Crippen LogP contribution is -2.57. The van der Waals surface area contributed by atoms with E-state index in [1.165, 1.54) is 11.0 Å². The first-order valence-corrected chi connectivity index (χ1v) is 12.5. The highest BCUT2D eigenvalue weighted by Crippen LogP contribution is 2.65. The van der Waals surface area contributed by atoms with Crippen LogP contribution in [0.15, 0.2) is 43.5 Å². The molecule has 2 amide bonds. The van der Waals surface area contributed by atoms with Crippen LogP contribution in [0.2, 0.25) is 0 Å². The highest BCUT2D eigenvalue weighted by molar-refractivity contribution is 6.05. The summed E-state index contributed by atoms with van der Waals surface area (Å²) in [6, 6.07) is 4.87. The number of aryl methyl sites for hydroxylation is 2. The van der Waals surface area contributed by atoms with E-state index < -0.39 is 35.0 Å². The summed E-state index contributed by atoms with van der Waals surface area (Å²) >= 11 is 0. The predicted octanol–water partition coefficient (Wildman–Crippen LogP) is 2.55. The van der Waals surface area contributed by atoms with Gasteiger partial charge in [0.25, 0.3) is 5.91 Å². The van der Waals surface area contributed by atoms with E-state index in [2.05, 4.69) is 13.2 Å². The van der Waals surface area contributed by atoms with Crippen molar-refractivity contribution in [1.29, 1.82) is 0 Å². The predicted molar refractivity (Wildman–Crippen MR) is 135 cm³/mol. The Morgan fingerprint density at radius 3 is 2.67 bits per heavy atom. The van der Waals surface area contributed by atoms with E-state index in [9.17, 15) is 19.5 Å². The number of esters is 1. The molecule has 3 saturated heterocycles. The van der Waals surface area contributed by atoms with Crippen molar-refractivity contribution in [3.63, 3.8) is 0 Å². The number of aliphatic hydroxyl groups is 1. The minimum absolute atomic E-state index is 0.0240. The minimum Gasteiger partial charge on any atom is -0.461 e. The van der Waals surface area contributed by atoms with Gasteiger partial charge in [0.05, 0.1) is 18.1 Å². The van der Waals surface area contributed by atoms with Gasteiger partial charge in [0.15, 0.2) is 0 Å². The number of aliphatic hydroxyl groups excluding tert-OH is 1. The molecule has 3 fully saturated rings. The number of fused-ring (bicyclic) bond motifs is 1. The molecule has 1 spiro atoms. The molecule has 0 radical (unpaired) electrons. The molecule has 3 aliphatic rings. The third-order valence-corrected chi connectivity index (χ3v) is 8.22. The fraction of sp³-hybridized carbons (Fsp3) is 0.536. The van der Waals surface area contributed by atoms with Gasteiger partial charge in [-0.25, -0.2) is 0 Å². The first-order chi connectivity index (χ1) is 17.1. The van der Waals surface area contributed by atoms with E-state index in [1.807, 2.05) is 45.9 Å². The number of benzene rings is 1. The van der Waals surface area contributed by atoms with Gasteiger partial charge in [-0.05, 0) is 50.3 Å².